The molecule has 0 aromatic carbocycles. The molecular weight excluding hydrogens is 260 g/mol. The lowest BCUT2D eigenvalue weighted by Gasteiger charge is -2.11. The van der Waals surface area contributed by atoms with Gasteiger partial charge in [-0.15, -0.1) is 11.3 Å². The molecule has 102 valence electrons. The van der Waals surface area contributed by atoms with Crippen molar-refractivity contribution >= 4 is 17.3 Å². The van der Waals surface area contributed by atoms with Gasteiger partial charge in [-0.2, -0.15) is 0 Å². The zero-order chi connectivity index (χ0) is 13.7. The fraction of sp³-hybridized carbons (Fsp3) is 0.385. The Hall–Kier alpha value is -1.82. The van der Waals surface area contributed by atoms with Gasteiger partial charge in [0, 0.05) is 11.4 Å². The number of hydrogen-bond acceptors (Lipinski definition) is 4. The summed E-state index contributed by atoms with van der Waals surface area (Å²) in [4.78, 5) is 8.73. The van der Waals surface area contributed by atoms with Crippen LogP contribution in [-0.2, 0) is 6.54 Å². The van der Waals surface area contributed by atoms with Crippen molar-refractivity contribution in [3.63, 3.8) is 0 Å². The van der Waals surface area contributed by atoms with Gasteiger partial charge >= 0.3 is 0 Å². The third-order valence-corrected chi connectivity index (χ3v) is 3.61. The number of aromatic nitrogens is 1. The van der Waals surface area contributed by atoms with Gasteiger partial charge in [-0.3, -0.25) is 0 Å². The van der Waals surface area contributed by atoms with Crippen LogP contribution in [0.5, 0.6) is 0 Å². The van der Waals surface area contributed by atoms with Gasteiger partial charge in [-0.05, 0) is 25.5 Å². The maximum atomic E-state index is 5.80. The average Bonchev–Trinajstić information content (AvgIpc) is 3.06. The molecule has 0 aliphatic heterocycles. The van der Waals surface area contributed by atoms with Crippen LogP contribution in [0.4, 0.5) is 0 Å². The maximum Gasteiger partial charge on any atom is 0.189 e. The zero-order valence-corrected chi connectivity index (χ0v) is 11.9. The van der Waals surface area contributed by atoms with Crippen LogP contribution in [0.1, 0.15) is 26.0 Å². The maximum absolute atomic E-state index is 5.80. The Bertz CT molecular complexity index is 533. The molecule has 2 heterocycles. The second-order valence-corrected chi connectivity index (χ2v) is 5.13. The van der Waals surface area contributed by atoms with Crippen molar-refractivity contribution in [2.24, 2.45) is 10.7 Å². The minimum atomic E-state index is 0.331. The number of rotatable bonds is 5. The van der Waals surface area contributed by atoms with E-state index in [1.165, 1.54) is 0 Å². The second kappa shape index (κ2) is 6.38. The van der Waals surface area contributed by atoms with E-state index in [2.05, 4.69) is 29.1 Å². The van der Waals surface area contributed by atoms with Crippen LogP contribution in [0.25, 0.3) is 10.8 Å². The van der Waals surface area contributed by atoms with Crippen molar-refractivity contribution in [2.75, 3.05) is 0 Å². The van der Waals surface area contributed by atoms with E-state index in [1.54, 1.807) is 17.6 Å². The lowest BCUT2D eigenvalue weighted by molar-refractivity contribution is 0.581. The number of nitrogens with one attached hydrogen (secondary N) is 1. The van der Waals surface area contributed by atoms with Crippen molar-refractivity contribution in [3.05, 3.63) is 29.5 Å². The van der Waals surface area contributed by atoms with Crippen molar-refractivity contribution in [1.82, 2.24) is 10.3 Å². The minimum absolute atomic E-state index is 0.331. The molecule has 0 radical (unpaired) electrons. The molecule has 0 saturated heterocycles. The number of guanidine groups is 1. The first-order valence-electron chi connectivity index (χ1n) is 6.23. The minimum Gasteiger partial charge on any atom is -0.462 e. The topological polar surface area (TPSA) is 76.4 Å². The van der Waals surface area contributed by atoms with E-state index in [1.807, 2.05) is 17.5 Å². The van der Waals surface area contributed by atoms with Crippen LogP contribution in [0.2, 0.25) is 0 Å². The number of nitrogens with zero attached hydrogens (tertiary/aromatic N) is 2. The molecule has 0 bridgehead atoms. The molecule has 0 saturated carbocycles. The lowest BCUT2D eigenvalue weighted by Crippen LogP contribution is -2.38. The summed E-state index contributed by atoms with van der Waals surface area (Å²) in [6.07, 6.45) is 2.65. The molecule has 0 aliphatic carbocycles. The van der Waals surface area contributed by atoms with Gasteiger partial charge in [0.05, 0.1) is 18.5 Å². The van der Waals surface area contributed by atoms with Crippen LogP contribution in [-0.4, -0.2) is 17.0 Å². The fourth-order valence-electron chi connectivity index (χ4n) is 1.46. The van der Waals surface area contributed by atoms with Crippen molar-refractivity contribution in [1.29, 1.82) is 0 Å². The number of aliphatic imine (C=N–C) groups is 1. The van der Waals surface area contributed by atoms with Gasteiger partial charge < -0.3 is 15.5 Å². The van der Waals surface area contributed by atoms with Crippen molar-refractivity contribution in [3.8, 4) is 10.8 Å². The van der Waals surface area contributed by atoms with Gasteiger partial charge in [0.2, 0.25) is 0 Å². The molecule has 2 aromatic rings. The smallest absolute Gasteiger partial charge is 0.189 e. The van der Waals surface area contributed by atoms with E-state index in [9.17, 15) is 0 Å². The third-order valence-electron chi connectivity index (χ3n) is 2.70. The average molecular weight is 278 g/mol. The van der Waals surface area contributed by atoms with Gasteiger partial charge in [-0.1, -0.05) is 6.92 Å². The molecule has 0 spiro atoms. The number of hydrogen-bond donors (Lipinski definition) is 2. The van der Waals surface area contributed by atoms with Crippen LogP contribution >= 0.6 is 11.3 Å². The van der Waals surface area contributed by atoms with E-state index in [0.717, 1.165) is 22.9 Å². The van der Waals surface area contributed by atoms with Crippen molar-refractivity contribution in [2.45, 2.75) is 32.9 Å². The highest BCUT2D eigenvalue weighted by molar-refractivity contribution is 7.13. The van der Waals surface area contributed by atoms with Crippen LogP contribution in [0.3, 0.4) is 0 Å². The Kier molecular flexibility index (Phi) is 4.57. The standard InChI is InChI=1S/C13H18N4OS/c1-3-9(2)16-13(14)15-7-10-8-19-12(17-10)11-5-4-6-18-11/h4-6,8-9H,3,7H2,1-2H3,(H3,14,15,16). The molecular formula is C13H18N4OS. The van der Waals surface area contributed by atoms with Gasteiger partial charge in [-0.25, -0.2) is 9.98 Å². The van der Waals surface area contributed by atoms with Crippen LogP contribution in [0, 0.1) is 0 Å². The Morgan fingerprint density at radius 2 is 2.47 bits per heavy atom. The summed E-state index contributed by atoms with van der Waals surface area (Å²) in [6.45, 7) is 4.65. The molecule has 2 rings (SSSR count). The van der Waals surface area contributed by atoms with Crippen LogP contribution < -0.4 is 11.1 Å². The Morgan fingerprint density at radius 3 is 3.16 bits per heavy atom. The summed E-state index contributed by atoms with van der Waals surface area (Å²) in [5, 5.41) is 5.95. The van der Waals surface area contributed by atoms with Crippen molar-refractivity contribution < 1.29 is 4.42 Å². The summed E-state index contributed by atoms with van der Waals surface area (Å²) in [6, 6.07) is 4.07. The summed E-state index contributed by atoms with van der Waals surface area (Å²) in [5.41, 5.74) is 6.69. The number of thiazole rings is 1. The predicted molar refractivity (Wildman–Crippen MR) is 78.0 cm³/mol. The molecule has 0 fully saturated rings. The quantitative estimate of drug-likeness (QED) is 0.651. The van der Waals surface area contributed by atoms with E-state index in [0.29, 0.717) is 18.5 Å². The summed E-state index contributed by atoms with van der Waals surface area (Å²) < 4.78 is 5.30. The molecule has 0 amide bonds. The normalized spacial score (nSPS) is 13.5. The van der Waals surface area contributed by atoms with Gasteiger partial charge in [0.25, 0.3) is 0 Å². The van der Waals surface area contributed by atoms with E-state index in [-0.39, 0.29) is 0 Å². The highest BCUT2D eigenvalue weighted by Gasteiger charge is 2.06. The summed E-state index contributed by atoms with van der Waals surface area (Å²) in [7, 11) is 0. The second-order valence-electron chi connectivity index (χ2n) is 4.28. The number of furan rings is 1. The third kappa shape index (κ3) is 3.82. The first-order chi connectivity index (χ1) is 9.19. The highest BCUT2D eigenvalue weighted by atomic mass is 32.1. The molecule has 6 heteroatoms. The molecule has 0 aliphatic rings. The monoisotopic (exact) mass is 278 g/mol. The largest absolute Gasteiger partial charge is 0.462 e. The van der Waals surface area contributed by atoms with E-state index >= 15 is 0 Å². The summed E-state index contributed by atoms with van der Waals surface area (Å²) in [5.74, 6) is 1.24. The highest BCUT2D eigenvalue weighted by Crippen LogP contribution is 2.24. The Morgan fingerprint density at radius 1 is 1.63 bits per heavy atom. The Balaban J connectivity index is 1.95. The Labute approximate surface area is 116 Å². The molecule has 3 N–H and O–H groups in total. The van der Waals surface area contributed by atoms with Crippen LogP contribution in [0.15, 0.2) is 33.2 Å². The fourth-order valence-corrected chi connectivity index (χ4v) is 2.24. The first kappa shape index (κ1) is 13.6. The van der Waals surface area contributed by atoms with E-state index < -0.39 is 0 Å². The predicted octanol–water partition coefficient (Wildman–Crippen LogP) is 2.61. The van der Waals surface area contributed by atoms with E-state index in [4.69, 9.17) is 10.2 Å². The summed E-state index contributed by atoms with van der Waals surface area (Å²) >= 11 is 1.54. The molecule has 19 heavy (non-hydrogen) atoms. The molecule has 1 atom stereocenters. The molecule has 5 nitrogen and oxygen atoms in total. The molecule has 1 unspecified atom stereocenters. The van der Waals surface area contributed by atoms with Gasteiger partial charge in [0.15, 0.2) is 16.7 Å². The molecule has 2 aromatic heterocycles. The number of nitrogens with two attached hydrogens (primary N) is 1. The lowest BCUT2D eigenvalue weighted by atomic mass is 10.3. The SMILES string of the molecule is CCC(C)NC(N)=NCc1csc(-c2ccco2)n1. The first-order valence-corrected chi connectivity index (χ1v) is 7.11. The van der Waals surface area contributed by atoms with Gasteiger partial charge in [0.1, 0.15) is 0 Å². The zero-order valence-electron chi connectivity index (χ0n) is 11.1.